The van der Waals surface area contributed by atoms with Gasteiger partial charge in [0.2, 0.25) is 5.91 Å². The molecule has 1 aliphatic rings. The number of hydrogen-bond donors (Lipinski definition) is 0. The van der Waals surface area contributed by atoms with Crippen LogP contribution < -0.4 is 0 Å². The molecule has 0 saturated heterocycles. The van der Waals surface area contributed by atoms with Gasteiger partial charge in [-0.2, -0.15) is 5.26 Å². The van der Waals surface area contributed by atoms with Crippen LogP contribution in [0.25, 0.3) is 0 Å². The molecule has 0 aromatic rings. The maximum atomic E-state index is 12.6. The van der Waals surface area contributed by atoms with Crippen LogP contribution in [0.15, 0.2) is 0 Å². The van der Waals surface area contributed by atoms with E-state index in [4.69, 9.17) is 0 Å². The molecule has 1 rings (SSSR count). The van der Waals surface area contributed by atoms with Gasteiger partial charge in [0.15, 0.2) is 0 Å². The number of carbonyl (C=O) groups is 1. The molecule has 1 aliphatic carbocycles. The van der Waals surface area contributed by atoms with Crippen molar-refractivity contribution in [2.24, 2.45) is 5.41 Å². The third kappa shape index (κ3) is 4.21. The monoisotopic (exact) mass is 265 g/mol. The smallest absolute Gasteiger partial charge is 0.243 e. The maximum absolute atomic E-state index is 12.6. The van der Waals surface area contributed by atoms with E-state index in [0.29, 0.717) is 6.54 Å². The van der Waals surface area contributed by atoms with E-state index in [0.717, 1.165) is 51.6 Å². The van der Waals surface area contributed by atoms with E-state index in [1.807, 2.05) is 25.9 Å². The van der Waals surface area contributed by atoms with E-state index in [1.165, 1.54) is 0 Å². The standard InChI is InChI=1S/C15H27N3O/c1-4-18(12-8-11-17(2)3)14(19)15(13-16)9-6-5-7-10-15/h4-12H2,1-3H3. The highest BCUT2D eigenvalue weighted by atomic mass is 16.2. The molecule has 1 saturated carbocycles. The van der Waals surface area contributed by atoms with Gasteiger partial charge in [-0.25, -0.2) is 0 Å². The number of carbonyl (C=O) groups excluding carboxylic acids is 1. The Morgan fingerprint density at radius 1 is 1.21 bits per heavy atom. The number of hydrogen-bond acceptors (Lipinski definition) is 3. The van der Waals surface area contributed by atoms with Crippen LogP contribution in [0.5, 0.6) is 0 Å². The Hall–Kier alpha value is -1.08. The molecule has 0 heterocycles. The predicted octanol–water partition coefficient (Wildman–Crippen LogP) is 2.26. The third-order valence-electron chi connectivity index (χ3n) is 4.03. The molecule has 4 nitrogen and oxygen atoms in total. The summed E-state index contributed by atoms with van der Waals surface area (Å²) in [6.07, 6.45) is 5.62. The van der Waals surface area contributed by atoms with Gasteiger partial charge >= 0.3 is 0 Å². The van der Waals surface area contributed by atoms with Crippen molar-refractivity contribution in [3.8, 4) is 6.07 Å². The molecule has 1 fully saturated rings. The van der Waals surface area contributed by atoms with Crippen molar-refractivity contribution in [3.05, 3.63) is 0 Å². The largest absolute Gasteiger partial charge is 0.342 e. The highest BCUT2D eigenvalue weighted by molar-refractivity contribution is 5.85. The van der Waals surface area contributed by atoms with Gasteiger partial charge in [0, 0.05) is 13.1 Å². The average Bonchev–Trinajstić information content (AvgIpc) is 2.43. The maximum Gasteiger partial charge on any atom is 0.243 e. The Morgan fingerprint density at radius 3 is 2.32 bits per heavy atom. The first kappa shape index (κ1) is 16.0. The predicted molar refractivity (Wildman–Crippen MR) is 76.6 cm³/mol. The van der Waals surface area contributed by atoms with Gasteiger partial charge in [-0.3, -0.25) is 4.79 Å². The van der Waals surface area contributed by atoms with Crippen molar-refractivity contribution >= 4 is 5.91 Å². The van der Waals surface area contributed by atoms with Gasteiger partial charge in [0.1, 0.15) is 5.41 Å². The first-order chi connectivity index (χ1) is 9.05. The summed E-state index contributed by atoms with van der Waals surface area (Å²) in [5.41, 5.74) is -0.730. The van der Waals surface area contributed by atoms with Crippen molar-refractivity contribution in [2.45, 2.75) is 45.4 Å². The molecule has 4 heteroatoms. The van der Waals surface area contributed by atoms with Crippen molar-refractivity contribution in [1.82, 2.24) is 9.80 Å². The highest BCUT2D eigenvalue weighted by Gasteiger charge is 2.41. The zero-order valence-corrected chi connectivity index (χ0v) is 12.6. The van der Waals surface area contributed by atoms with Gasteiger partial charge in [-0.1, -0.05) is 19.3 Å². The molecule has 0 bridgehead atoms. The molecule has 0 aromatic heterocycles. The van der Waals surface area contributed by atoms with Crippen LogP contribution >= 0.6 is 0 Å². The van der Waals surface area contributed by atoms with E-state index in [-0.39, 0.29) is 5.91 Å². The molecule has 1 amide bonds. The first-order valence-electron chi connectivity index (χ1n) is 7.41. The van der Waals surface area contributed by atoms with Crippen LogP contribution in [-0.4, -0.2) is 49.4 Å². The molecular weight excluding hydrogens is 238 g/mol. The number of rotatable bonds is 6. The van der Waals surface area contributed by atoms with Crippen molar-refractivity contribution < 1.29 is 4.79 Å². The highest BCUT2D eigenvalue weighted by Crippen LogP contribution is 2.37. The Balaban J connectivity index is 2.63. The topological polar surface area (TPSA) is 47.3 Å². The fourth-order valence-corrected chi connectivity index (χ4v) is 2.81. The molecule has 108 valence electrons. The Morgan fingerprint density at radius 2 is 1.84 bits per heavy atom. The Kier molecular flexibility index (Phi) is 6.30. The van der Waals surface area contributed by atoms with Crippen LogP contribution in [0.2, 0.25) is 0 Å². The van der Waals surface area contributed by atoms with Gasteiger partial charge in [0.25, 0.3) is 0 Å². The van der Waals surface area contributed by atoms with Crippen LogP contribution in [-0.2, 0) is 4.79 Å². The summed E-state index contributed by atoms with van der Waals surface area (Å²) in [5, 5.41) is 9.46. The number of nitriles is 1. The van der Waals surface area contributed by atoms with Crippen molar-refractivity contribution in [1.29, 1.82) is 5.26 Å². The molecule has 0 aliphatic heterocycles. The quantitative estimate of drug-likeness (QED) is 0.740. The normalized spacial score (nSPS) is 18.1. The van der Waals surface area contributed by atoms with E-state index >= 15 is 0 Å². The summed E-state index contributed by atoms with van der Waals surface area (Å²) in [6.45, 7) is 4.44. The lowest BCUT2D eigenvalue weighted by Gasteiger charge is -2.34. The van der Waals surface area contributed by atoms with E-state index in [1.54, 1.807) is 0 Å². The molecule has 19 heavy (non-hydrogen) atoms. The zero-order valence-electron chi connectivity index (χ0n) is 12.6. The molecule has 0 N–H and O–H groups in total. The molecule has 0 spiro atoms. The SMILES string of the molecule is CCN(CCCN(C)C)C(=O)C1(C#N)CCCCC1. The van der Waals surface area contributed by atoms with Crippen LogP contribution in [0.4, 0.5) is 0 Å². The second-order valence-corrected chi connectivity index (χ2v) is 5.80. The fraction of sp³-hybridized carbons (Fsp3) is 0.867. The fourth-order valence-electron chi connectivity index (χ4n) is 2.81. The van der Waals surface area contributed by atoms with Gasteiger partial charge in [-0.05, 0) is 46.8 Å². The minimum atomic E-state index is -0.730. The summed E-state index contributed by atoms with van der Waals surface area (Å²) in [4.78, 5) is 16.6. The molecule has 0 atom stereocenters. The average molecular weight is 265 g/mol. The minimum Gasteiger partial charge on any atom is -0.342 e. The van der Waals surface area contributed by atoms with Gasteiger partial charge in [-0.15, -0.1) is 0 Å². The minimum absolute atomic E-state index is 0.0657. The molecule has 0 radical (unpaired) electrons. The van der Waals surface area contributed by atoms with Crippen LogP contribution in [0, 0.1) is 16.7 Å². The van der Waals surface area contributed by atoms with E-state index in [2.05, 4.69) is 11.0 Å². The lowest BCUT2D eigenvalue weighted by Crippen LogP contribution is -2.45. The number of amides is 1. The van der Waals surface area contributed by atoms with Crippen LogP contribution in [0.1, 0.15) is 45.4 Å². The van der Waals surface area contributed by atoms with E-state index < -0.39 is 5.41 Å². The molecule has 0 aromatic carbocycles. The summed E-state index contributed by atoms with van der Waals surface area (Å²) in [6, 6.07) is 2.33. The van der Waals surface area contributed by atoms with Crippen LogP contribution in [0.3, 0.4) is 0 Å². The van der Waals surface area contributed by atoms with Crippen molar-refractivity contribution in [3.63, 3.8) is 0 Å². The second kappa shape index (κ2) is 7.49. The Labute approximate surface area is 117 Å². The first-order valence-corrected chi connectivity index (χ1v) is 7.41. The van der Waals surface area contributed by atoms with E-state index in [9.17, 15) is 10.1 Å². The third-order valence-corrected chi connectivity index (χ3v) is 4.03. The number of nitrogens with zero attached hydrogens (tertiary/aromatic N) is 3. The molecule has 0 unspecified atom stereocenters. The summed E-state index contributed by atoms with van der Waals surface area (Å²) in [5.74, 6) is 0.0657. The summed E-state index contributed by atoms with van der Waals surface area (Å²) < 4.78 is 0. The lowest BCUT2D eigenvalue weighted by atomic mass is 9.74. The van der Waals surface area contributed by atoms with Gasteiger partial charge < -0.3 is 9.80 Å². The zero-order chi connectivity index (χ0) is 14.3. The summed E-state index contributed by atoms with van der Waals surface area (Å²) in [7, 11) is 4.08. The summed E-state index contributed by atoms with van der Waals surface area (Å²) >= 11 is 0. The van der Waals surface area contributed by atoms with Gasteiger partial charge in [0.05, 0.1) is 6.07 Å². The van der Waals surface area contributed by atoms with Crippen molar-refractivity contribution in [2.75, 3.05) is 33.7 Å². The Bertz CT molecular complexity index is 327. The lowest BCUT2D eigenvalue weighted by molar-refractivity contribution is -0.140. The second-order valence-electron chi connectivity index (χ2n) is 5.80. The molecular formula is C15H27N3O.